The number of rotatable bonds is 3. The van der Waals surface area contributed by atoms with E-state index in [0.717, 1.165) is 17.5 Å². The molecule has 1 nitrogen and oxygen atoms in total. The van der Waals surface area contributed by atoms with Crippen LogP contribution in [0.3, 0.4) is 0 Å². The van der Waals surface area contributed by atoms with E-state index in [0.29, 0.717) is 5.02 Å². The molecule has 1 aromatic rings. The fourth-order valence-corrected chi connectivity index (χ4v) is 1.91. The maximum absolute atomic E-state index is 6.00. The van der Waals surface area contributed by atoms with E-state index in [2.05, 4.69) is 22.9 Å². The zero-order valence-electron chi connectivity index (χ0n) is 7.73. The van der Waals surface area contributed by atoms with Gasteiger partial charge in [0.05, 0.1) is 12.1 Å². The number of hydrogen-bond donors (Lipinski definition) is 0. The van der Waals surface area contributed by atoms with E-state index in [-0.39, 0.29) is 0 Å². The highest BCUT2D eigenvalue weighted by Gasteiger charge is 2.05. The Labute approximate surface area is 92.2 Å². The van der Waals surface area contributed by atoms with E-state index in [9.17, 15) is 0 Å². The van der Waals surface area contributed by atoms with Gasteiger partial charge in [0.1, 0.15) is 5.75 Å². The summed E-state index contributed by atoms with van der Waals surface area (Å²) in [5.74, 6) is 0.748. The number of hydrogen-bond acceptors (Lipinski definition) is 1. The molecule has 0 atom stereocenters. The van der Waals surface area contributed by atoms with Crippen LogP contribution in [0.1, 0.15) is 11.1 Å². The van der Waals surface area contributed by atoms with Gasteiger partial charge in [0.15, 0.2) is 0 Å². The van der Waals surface area contributed by atoms with Gasteiger partial charge in [-0.15, -0.1) is 0 Å². The summed E-state index contributed by atoms with van der Waals surface area (Å²) in [6.45, 7) is 2.07. The highest BCUT2D eigenvalue weighted by molar-refractivity contribution is 9.09. The first-order chi connectivity index (χ1) is 6.19. The van der Waals surface area contributed by atoms with Crippen molar-refractivity contribution in [3.8, 4) is 5.75 Å². The van der Waals surface area contributed by atoms with E-state index in [1.54, 1.807) is 7.11 Å². The molecule has 0 saturated heterocycles. The minimum absolute atomic E-state index is 0.684. The Hall–Kier alpha value is -0.210. The van der Waals surface area contributed by atoms with Gasteiger partial charge >= 0.3 is 0 Å². The number of halogens is 2. The number of alkyl halides is 1. The molecule has 0 fully saturated rings. The van der Waals surface area contributed by atoms with Crippen LogP contribution in [0, 0.1) is 6.92 Å². The topological polar surface area (TPSA) is 9.23 Å². The summed E-state index contributed by atoms with van der Waals surface area (Å²) < 4.78 is 5.12. The second kappa shape index (κ2) is 4.87. The average Bonchev–Trinajstić information content (AvgIpc) is 2.11. The lowest BCUT2D eigenvalue weighted by molar-refractivity contribution is 0.414. The molecule has 13 heavy (non-hydrogen) atoms. The Kier molecular flexibility index (Phi) is 4.07. The van der Waals surface area contributed by atoms with Crippen LogP contribution >= 0.6 is 27.5 Å². The molecule has 72 valence electrons. The molecule has 0 aliphatic heterocycles. The summed E-state index contributed by atoms with van der Waals surface area (Å²) in [5.41, 5.74) is 2.49. The molecule has 0 heterocycles. The van der Waals surface area contributed by atoms with Crippen LogP contribution in [0.15, 0.2) is 12.1 Å². The Bertz CT molecular complexity index is 299. The summed E-state index contributed by atoms with van der Waals surface area (Å²) in [5, 5.41) is 1.64. The van der Waals surface area contributed by atoms with Gasteiger partial charge in [0.25, 0.3) is 0 Å². The van der Waals surface area contributed by atoms with E-state index in [1.165, 1.54) is 11.1 Å². The molecule has 0 spiro atoms. The Morgan fingerprint density at radius 3 is 2.69 bits per heavy atom. The van der Waals surface area contributed by atoms with E-state index < -0.39 is 0 Å². The van der Waals surface area contributed by atoms with Crippen molar-refractivity contribution >= 4 is 27.5 Å². The van der Waals surface area contributed by atoms with Crippen molar-refractivity contribution in [2.45, 2.75) is 13.3 Å². The highest BCUT2D eigenvalue weighted by Crippen LogP contribution is 2.28. The lowest BCUT2D eigenvalue weighted by Gasteiger charge is -2.08. The van der Waals surface area contributed by atoms with Gasteiger partial charge in [0, 0.05) is 5.33 Å². The lowest BCUT2D eigenvalue weighted by atomic mass is 10.1. The second-order valence-electron chi connectivity index (χ2n) is 2.85. The molecule has 0 saturated carbocycles. The normalized spacial score (nSPS) is 10.2. The smallest absolute Gasteiger partial charge is 0.137 e. The quantitative estimate of drug-likeness (QED) is 0.757. The minimum Gasteiger partial charge on any atom is -0.495 e. The Balaban J connectivity index is 3.05. The summed E-state index contributed by atoms with van der Waals surface area (Å²) in [7, 11) is 1.63. The first-order valence-electron chi connectivity index (χ1n) is 4.08. The fourth-order valence-electron chi connectivity index (χ4n) is 1.22. The lowest BCUT2D eigenvalue weighted by Crippen LogP contribution is -1.93. The van der Waals surface area contributed by atoms with Crippen LogP contribution in [0.25, 0.3) is 0 Å². The van der Waals surface area contributed by atoms with Gasteiger partial charge in [-0.2, -0.15) is 0 Å². The number of ether oxygens (including phenoxy) is 1. The van der Waals surface area contributed by atoms with Crippen molar-refractivity contribution < 1.29 is 4.74 Å². The molecular formula is C10H12BrClO. The summed E-state index contributed by atoms with van der Waals surface area (Å²) in [6, 6.07) is 3.94. The Morgan fingerprint density at radius 2 is 2.15 bits per heavy atom. The van der Waals surface area contributed by atoms with Gasteiger partial charge < -0.3 is 4.74 Å². The molecular weight excluding hydrogens is 251 g/mol. The molecule has 0 aliphatic rings. The molecule has 1 aromatic carbocycles. The van der Waals surface area contributed by atoms with Crippen LogP contribution in [-0.2, 0) is 6.42 Å². The monoisotopic (exact) mass is 262 g/mol. The van der Waals surface area contributed by atoms with Gasteiger partial charge in [-0.25, -0.2) is 0 Å². The number of methoxy groups -OCH3 is 1. The third-order valence-corrected chi connectivity index (χ3v) is 2.67. The second-order valence-corrected chi connectivity index (χ2v) is 4.05. The molecule has 0 radical (unpaired) electrons. The molecule has 0 N–H and O–H groups in total. The molecule has 0 aromatic heterocycles. The fraction of sp³-hybridized carbons (Fsp3) is 0.400. The predicted octanol–water partition coefficient (Wildman–Crippen LogP) is 3.59. The zero-order chi connectivity index (χ0) is 9.84. The van der Waals surface area contributed by atoms with Crippen molar-refractivity contribution in [1.82, 2.24) is 0 Å². The van der Waals surface area contributed by atoms with Crippen LogP contribution in [-0.4, -0.2) is 12.4 Å². The maximum atomic E-state index is 6.00. The van der Waals surface area contributed by atoms with E-state index in [4.69, 9.17) is 16.3 Å². The zero-order valence-corrected chi connectivity index (χ0v) is 10.1. The summed E-state index contributed by atoms with van der Waals surface area (Å²) in [4.78, 5) is 0. The van der Waals surface area contributed by atoms with E-state index in [1.807, 2.05) is 12.1 Å². The van der Waals surface area contributed by atoms with Crippen LogP contribution in [0.2, 0.25) is 5.02 Å². The molecule has 3 heteroatoms. The molecule has 0 amide bonds. The third kappa shape index (κ3) is 2.61. The minimum atomic E-state index is 0.684. The first-order valence-corrected chi connectivity index (χ1v) is 5.58. The SMILES string of the molecule is COc1cc(C)c(CCBr)cc1Cl. The third-order valence-electron chi connectivity index (χ3n) is 1.97. The van der Waals surface area contributed by atoms with Crippen molar-refractivity contribution in [1.29, 1.82) is 0 Å². The number of benzene rings is 1. The highest BCUT2D eigenvalue weighted by atomic mass is 79.9. The van der Waals surface area contributed by atoms with Gasteiger partial charge in [-0.05, 0) is 36.6 Å². The predicted molar refractivity (Wildman–Crippen MR) is 60.2 cm³/mol. The molecule has 1 rings (SSSR count). The standard InChI is InChI=1S/C10H12BrClO/c1-7-5-10(13-2)9(12)6-8(7)3-4-11/h5-6H,3-4H2,1-2H3. The van der Waals surface area contributed by atoms with Gasteiger partial charge in [-0.1, -0.05) is 27.5 Å². The maximum Gasteiger partial charge on any atom is 0.137 e. The van der Waals surface area contributed by atoms with Crippen LogP contribution in [0.4, 0.5) is 0 Å². The van der Waals surface area contributed by atoms with Crippen molar-refractivity contribution in [3.63, 3.8) is 0 Å². The van der Waals surface area contributed by atoms with Crippen LogP contribution < -0.4 is 4.74 Å². The van der Waals surface area contributed by atoms with Crippen LogP contribution in [0.5, 0.6) is 5.75 Å². The van der Waals surface area contributed by atoms with Crippen molar-refractivity contribution in [2.24, 2.45) is 0 Å². The molecule has 0 aliphatic carbocycles. The van der Waals surface area contributed by atoms with Crippen molar-refractivity contribution in [2.75, 3.05) is 12.4 Å². The summed E-state index contributed by atoms with van der Waals surface area (Å²) in [6.07, 6.45) is 0.996. The summed E-state index contributed by atoms with van der Waals surface area (Å²) >= 11 is 9.40. The van der Waals surface area contributed by atoms with E-state index >= 15 is 0 Å². The molecule has 0 unspecified atom stereocenters. The average molecular weight is 264 g/mol. The van der Waals surface area contributed by atoms with Gasteiger partial charge in [-0.3, -0.25) is 0 Å². The first kappa shape index (κ1) is 10.9. The number of aryl methyl sites for hydroxylation is 2. The van der Waals surface area contributed by atoms with Gasteiger partial charge in [0.2, 0.25) is 0 Å². The molecule has 0 bridgehead atoms. The largest absolute Gasteiger partial charge is 0.495 e. The Morgan fingerprint density at radius 1 is 1.46 bits per heavy atom. The van der Waals surface area contributed by atoms with Crippen molar-refractivity contribution in [3.05, 3.63) is 28.3 Å².